The predicted molar refractivity (Wildman–Crippen MR) is 117 cm³/mol. The zero-order chi connectivity index (χ0) is 20.5. The molecule has 2 atom stereocenters. The van der Waals surface area contributed by atoms with Crippen molar-refractivity contribution in [1.82, 2.24) is 20.5 Å². The Bertz CT molecular complexity index is 633. The summed E-state index contributed by atoms with van der Waals surface area (Å²) in [7, 11) is 0. The van der Waals surface area contributed by atoms with Crippen LogP contribution in [0, 0.1) is 0 Å². The van der Waals surface area contributed by atoms with Crippen LogP contribution in [0.3, 0.4) is 0 Å². The fraction of sp³-hybridized carbons (Fsp3) is 0.714. The zero-order valence-corrected chi connectivity index (χ0v) is 18.1. The first-order chi connectivity index (χ1) is 14.2. The molecule has 2 fully saturated rings. The molecule has 2 N–H and O–H groups in total. The molecule has 2 aliphatic rings. The Labute approximate surface area is 174 Å². The van der Waals surface area contributed by atoms with Crippen LogP contribution in [0.15, 0.2) is 23.3 Å². The van der Waals surface area contributed by atoms with E-state index in [9.17, 15) is 0 Å². The number of hydrogen-bond acceptors (Lipinski definition) is 6. The molecule has 1 aromatic rings. The highest BCUT2D eigenvalue weighted by Gasteiger charge is 2.18. The molecule has 0 bridgehead atoms. The van der Waals surface area contributed by atoms with E-state index in [0.717, 1.165) is 76.4 Å². The van der Waals surface area contributed by atoms with E-state index in [0.29, 0.717) is 12.6 Å². The van der Waals surface area contributed by atoms with Crippen LogP contribution in [-0.4, -0.2) is 87.1 Å². The van der Waals surface area contributed by atoms with E-state index in [1.165, 1.54) is 0 Å². The van der Waals surface area contributed by atoms with Crippen LogP contribution in [0.4, 0.5) is 5.82 Å². The second kappa shape index (κ2) is 11.3. The van der Waals surface area contributed by atoms with Crippen molar-refractivity contribution in [2.24, 2.45) is 4.99 Å². The molecule has 0 spiro atoms. The number of rotatable bonds is 7. The summed E-state index contributed by atoms with van der Waals surface area (Å²) in [5.74, 6) is 1.86. The Morgan fingerprint density at radius 2 is 2.07 bits per heavy atom. The molecule has 3 heterocycles. The molecule has 0 amide bonds. The van der Waals surface area contributed by atoms with Gasteiger partial charge in [0, 0.05) is 51.5 Å². The van der Waals surface area contributed by atoms with Gasteiger partial charge in [0.15, 0.2) is 5.96 Å². The van der Waals surface area contributed by atoms with Crippen molar-refractivity contribution in [2.75, 3.05) is 64.0 Å². The lowest BCUT2D eigenvalue weighted by atomic mass is 10.2. The number of nitrogens with one attached hydrogen (secondary N) is 2. The number of nitrogens with zero attached hydrogens (tertiary/aromatic N) is 4. The molecule has 2 unspecified atom stereocenters. The summed E-state index contributed by atoms with van der Waals surface area (Å²) in [6.07, 6.45) is 2.18. The third kappa shape index (κ3) is 6.83. The van der Waals surface area contributed by atoms with Gasteiger partial charge in [-0.2, -0.15) is 0 Å². The number of anilines is 1. The zero-order valence-electron chi connectivity index (χ0n) is 18.1. The molecule has 1 aromatic heterocycles. The van der Waals surface area contributed by atoms with E-state index in [-0.39, 0.29) is 6.10 Å². The largest absolute Gasteiger partial charge is 0.379 e. The molecule has 3 rings (SSSR count). The normalized spacial score (nSPS) is 22.4. The quantitative estimate of drug-likeness (QED) is 0.520. The Morgan fingerprint density at radius 3 is 2.76 bits per heavy atom. The lowest BCUT2D eigenvalue weighted by molar-refractivity contribution is 0.0211. The van der Waals surface area contributed by atoms with Crippen molar-refractivity contribution >= 4 is 11.8 Å². The minimum atomic E-state index is 0.253. The van der Waals surface area contributed by atoms with Crippen LogP contribution in [-0.2, 0) is 16.0 Å². The minimum absolute atomic E-state index is 0.253. The molecule has 2 saturated heterocycles. The van der Waals surface area contributed by atoms with Crippen molar-refractivity contribution in [3.63, 3.8) is 0 Å². The molecule has 2 aliphatic heterocycles. The topological polar surface area (TPSA) is 74.2 Å². The van der Waals surface area contributed by atoms with Crippen molar-refractivity contribution in [1.29, 1.82) is 0 Å². The highest BCUT2D eigenvalue weighted by molar-refractivity contribution is 5.79. The van der Waals surface area contributed by atoms with E-state index in [2.05, 4.69) is 58.3 Å². The summed E-state index contributed by atoms with van der Waals surface area (Å²) >= 11 is 0. The van der Waals surface area contributed by atoms with Crippen LogP contribution in [0.5, 0.6) is 0 Å². The Morgan fingerprint density at radius 1 is 1.24 bits per heavy atom. The molecule has 8 heteroatoms. The predicted octanol–water partition coefficient (Wildman–Crippen LogP) is 1.08. The maximum atomic E-state index is 5.61. The third-order valence-corrected chi connectivity index (χ3v) is 5.37. The first-order valence-electron chi connectivity index (χ1n) is 10.8. The summed E-state index contributed by atoms with van der Waals surface area (Å²) in [6.45, 7) is 14.9. The third-order valence-electron chi connectivity index (χ3n) is 5.37. The van der Waals surface area contributed by atoms with E-state index in [1.807, 2.05) is 6.20 Å². The number of aliphatic imine (C=N–C) groups is 1. The highest BCUT2D eigenvalue weighted by Crippen LogP contribution is 2.15. The molecular formula is C21H36N6O2. The van der Waals surface area contributed by atoms with Gasteiger partial charge in [0.1, 0.15) is 5.82 Å². The van der Waals surface area contributed by atoms with Gasteiger partial charge in [-0.05, 0) is 32.4 Å². The minimum Gasteiger partial charge on any atom is -0.379 e. The standard InChI is InChI=1S/C21H36N6O2/c1-4-22-21(24-13-17(2)26-7-10-28-11-8-26)25-15-19-5-6-20(23-14-19)27-9-12-29-18(3)16-27/h5-6,14,17-18H,4,7-13,15-16H2,1-3H3,(H2,22,24,25). The Kier molecular flexibility index (Phi) is 8.52. The number of hydrogen-bond donors (Lipinski definition) is 2. The van der Waals surface area contributed by atoms with Gasteiger partial charge in [-0.15, -0.1) is 0 Å². The van der Waals surface area contributed by atoms with Crippen molar-refractivity contribution in [2.45, 2.75) is 39.5 Å². The van der Waals surface area contributed by atoms with Gasteiger partial charge in [0.25, 0.3) is 0 Å². The molecule has 0 aliphatic carbocycles. The van der Waals surface area contributed by atoms with Gasteiger partial charge in [-0.3, -0.25) is 4.90 Å². The fourth-order valence-electron chi connectivity index (χ4n) is 3.63. The van der Waals surface area contributed by atoms with Crippen LogP contribution < -0.4 is 15.5 Å². The van der Waals surface area contributed by atoms with Crippen LogP contribution in [0.25, 0.3) is 0 Å². The first-order valence-corrected chi connectivity index (χ1v) is 10.8. The average molecular weight is 405 g/mol. The van der Waals surface area contributed by atoms with Crippen LogP contribution >= 0.6 is 0 Å². The summed E-state index contributed by atoms with van der Waals surface area (Å²) in [5.41, 5.74) is 1.11. The molecule has 8 nitrogen and oxygen atoms in total. The Balaban J connectivity index is 1.51. The summed E-state index contributed by atoms with van der Waals surface area (Å²) in [5, 5.41) is 6.80. The smallest absolute Gasteiger partial charge is 0.191 e. The lowest BCUT2D eigenvalue weighted by Crippen LogP contribution is -2.49. The maximum absolute atomic E-state index is 5.61. The number of guanidine groups is 1. The van der Waals surface area contributed by atoms with E-state index >= 15 is 0 Å². The number of morpholine rings is 2. The van der Waals surface area contributed by atoms with Crippen LogP contribution in [0.1, 0.15) is 26.3 Å². The van der Waals surface area contributed by atoms with Crippen molar-refractivity contribution < 1.29 is 9.47 Å². The number of ether oxygens (including phenoxy) is 2. The maximum Gasteiger partial charge on any atom is 0.191 e. The molecule has 162 valence electrons. The first kappa shape index (κ1) is 21.8. The van der Waals surface area contributed by atoms with Crippen molar-refractivity contribution in [3.8, 4) is 0 Å². The Hall–Kier alpha value is -1.90. The molecule has 29 heavy (non-hydrogen) atoms. The van der Waals surface area contributed by atoms with Gasteiger partial charge in [0.2, 0.25) is 0 Å². The van der Waals surface area contributed by atoms with Gasteiger partial charge in [-0.1, -0.05) is 6.07 Å². The highest BCUT2D eigenvalue weighted by atomic mass is 16.5. The SMILES string of the molecule is CCNC(=NCc1ccc(N2CCOC(C)C2)nc1)NCC(C)N1CCOCC1. The van der Waals surface area contributed by atoms with E-state index in [1.54, 1.807) is 0 Å². The molecule has 0 aromatic carbocycles. The molecule has 0 saturated carbocycles. The van der Waals surface area contributed by atoms with E-state index in [4.69, 9.17) is 14.5 Å². The summed E-state index contributed by atoms with van der Waals surface area (Å²) in [4.78, 5) is 14.1. The fourth-order valence-corrected chi connectivity index (χ4v) is 3.63. The van der Waals surface area contributed by atoms with Gasteiger partial charge < -0.3 is 25.0 Å². The summed E-state index contributed by atoms with van der Waals surface area (Å²) < 4.78 is 11.0. The van der Waals surface area contributed by atoms with Gasteiger partial charge >= 0.3 is 0 Å². The van der Waals surface area contributed by atoms with E-state index < -0.39 is 0 Å². The van der Waals surface area contributed by atoms with Gasteiger partial charge in [0.05, 0.1) is 32.5 Å². The van der Waals surface area contributed by atoms with Crippen LogP contribution in [0.2, 0.25) is 0 Å². The second-order valence-corrected chi connectivity index (χ2v) is 7.73. The lowest BCUT2D eigenvalue weighted by Gasteiger charge is -2.32. The second-order valence-electron chi connectivity index (χ2n) is 7.73. The number of aromatic nitrogens is 1. The van der Waals surface area contributed by atoms with Gasteiger partial charge in [-0.25, -0.2) is 9.98 Å². The number of pyridine rings is 1. The molecular weight excluding hydrogens is 368 g/mol. The molecule has 0 radical (unpaired) electrons. The van der Waals surface area contributed by atoms with Crippen molar-refractivity contribution in [3.05, 3.63) is 23.9 Å². The average Bonchev–Trinajstić information content (AvgIpc) is 2.76. The summed E-state index contributed by atoms with van der Waals surface area (Å²) in [6, 6.07) is 4.65. The monoisotopic (exact) mass is 404 g/mol.